The van der Waals surface area contributed by atoms with Gasteiger partial charge in [0.2, 0.25) is 0 Å². The molecule has 0 heterocycles. The first kappa shape index (κ1) is 12.2. The Morgan fingerprint density at radius 3 is 2.69 bits per heavy atom. The van der Waals surface area contributed by atoms with Crippen LogP contribution in [0.1, 0.15) is 40.0 Å². The normalized spacial score (nSPS) is 14.8. The Morgan fingerprint density at radius 2 is 2.23 bits per heavy atom. The Kier molecular flexibility index (Phi) is 7.27. The van der Waals surface area contributed by atoms with E-state index in [0.717, 1.165) is 18.1 Å². The van der Waals surface area contributed by atoms with Crippen molar-refractivity contribution in [1.29, 1.82) is 0 Å². The first-order valence-corrected chi connectivity index (χ1v) is 5.04. The van der Waals surface area contributed by atoms with Crippen LogP contribution in [0.5, 0.6) is 0 Å². The second kappa shape index (κ2) is 7.78. The van der Waals surface area contributed by atoms with E-state index in [1.54, 1.807) is 6.20 Å². The third-order valence-electron chi connectivity index (χ3n) is 2.21. The number of nitrogens with zero attached hydrogens (tertiary/aromatic N) is 1. The van der Waals surface area contributed by atoms with Crippen molar-refractivity contribution in [3.63, 3.8) is 0 Å². The lowest BCUT2D eigenvalue weighted by molar-refractivity contribution is 0.528. The van der Waals surface area contributed by atoms with E-state index in [9.17, 15) is 0 Å². The van der Waals surface area contributed by atoms with Gasteiger partial charge in [0.1, 0.15) is 0 Å². The summed E-state index contributed by atoms with van der Waals surface area (Å²) in [4.78, 5) is 4.21. The number of allylic oxidation sites excluding steroid dienone is 2. The van der Waals surface area contributed by atoms with Gasteiger partial charge in [0.15, 0.2) is 0 Å². The zero-order valence-electron chi connectivity index (χ0n) is 9.09. The number of rotatable bonds is 6. The molecule has 0 bridgehead atoms. The Hall–Kier alpha value is -0.850. The van der Waals surface area contributed by atoms with Crippen LogP contribution in [0.25, 0.3) is 0 Å². The average molecular weight is 179 g/mol. The van der Waals surface area contributed by atoms with E-state index in [0.29, 0.717) is 0 Å². The highest BCUT2D eigenvalue weighted by Gasteiger charge is 2.00. The summed E-state index contributed by atoms with van der Waals surface area (Å²) in [6, 6.07) is 0. The fourth-order valence-corrected chi connectivity index (χ4v) is 1.10. The van der Waals surface area contributed by atoms with Crippen LogP contribution >= 0.6 is 0 Å². The Bertz CT molecular complexity index is 189. The standard InChI is InChI=1S/C12H21N/c1-5-8-12(13-7-3)10-9-11(4)6-2/h5,7-8,11H,3,6,9-10H2,1-2,4H3/b8-5-,13-12+. The van der Waals surface area contributed by atoms with Gasteiger partial charge < -0.3 is 0 Å². The van der Waals surface area contributed by atoms with Crippen LogP contribution in [0.3, 0.4) is 0 Å². The molecule has 13 heavy (non-hydrogen) atoms. The van der Waals surface area contributed by atoms with Gasteiger partial charge in [-0.2, -0.15) is 0 Å². The lowest BCUT2D eigenvalue weighted by atomic mass is 10.0. The maximum Gasteiger partial charge on any atom is 0.0400 e. The SMILES string of the molecule is C=C/N=C(\C=C/C)CCC(C)CC. The van der Waals surface area contributed by atoms with E-state index in [2.05, 4.69) is 31.5 Å². The van der Waals surface area contributed by atoms with Gasteiger partial charge in [-0.3, -0.25) is 4.99 Å². The minimum absolute atomic E-state index is 0.792. The van der Waals surface area contributed by atoms with Gasteiger partial charge in [0.05, 0.1) is 0 Å². The summed E-state index contributed by atoms with van der Waals surface area (Å²) in [5.74, 6) is 0.792. The predicted molar refractivity (Wildman–Crippen MR) is 61.1 cm³/mol. The summed E-state index contributed by atoms with van der Waals surface area (Å²) >= 11 is 0. The predicted octanol–water partition coefficient (Wildman–Crippen LogP) is 3.97. The van der Waals surface area contributed by atoms with E-state index in [4.69, 9.17) is 0 Å². The molecule has 0 saturated heterocycles. The molecule has 0 rings (SSSR count). The van der Waals surface area contributed by atoms with Crippen LogP contribution in [0.2, 0.25) is 0 Å². The van der Waals surface area contributed by atoms with Gasteiger partial charge in [-0.25, -0.2) is 0 Å². The summed E-state index contributed by atoms with van der Waals surface area (Å²) in [5, 5.41) is 0. The largest absolute Gasteiger partial charge is 0.262 e. The van der Waals surface area contributed by atoms with Crippen LogP contribution in [0.4, 0.5) is 0 Å². The molecule has 1 atom stereocenters. The number of aliphatic imine (C=N–C) groups is 1. The van der Waals surface area contributed by atoms with E-state index in [1.165, 1.54) is 12.8 Å². The molecular weight excluding hydrogens is 158 g/mol. The fourth-order valence-electron chi connectivity index (χ4n) is 1.10. The lowest BCUT2D eigenvalue weighted by Gasteiger charge is -2.07. The summed E-state index contributed by atoms with van der Waals surface area (Å²) < 4.78 is 0. The molecule has 0 aromatic carbocycles. The van der Waals surface area contributed by atoms with Crippen molar-refractivity contribution in [3.8, 4) is 0 Å². The summed E-state index contributed by atoms with van der Waals surface area (Å²) in [7, 11) is 0. The molecule has 0 fully saturated rings. The highest BCUT2D eigenvalue weighted by Crippen LogP contribution is 2.10. The average Bonchev–Trinajstić information content (AvgIpc) is 2.14. The van der Waals surface area contributed by atoms with E-state index in [1.807, 2.05) is 13.0 Å². The van der Waals surface area contributed by atoms with Crippen LogP contribution in [0.15, 0.2) is 29.9 Å². The van der Waals surface area contributed by atoms with E-state index in [-0.39, 0.29) is 0 Å². The van der Waals surface area contributed by atoms with Gasteiger partial charge in [-0.15, -0.1) is 0 Å². The molecule has 0 aliphatic heterocycles. The molecule has 0 aromatic heterocycles. The minimum atomic E-state index is 0.792. The van der Waals surface area contributed by atoms with Gasteiger partial charge >= 0.3 is 0 Å². The molecule has 0 amide bonds. The number of hydrogen-bond acceptors (Lipinski definition) is 1. The van der Waals surface area contributed by atoms with Gasteiger partial charge in [0, 0.05) is 11.9 Å². The second-order valence-electron chi connectivity index (χ2n) is 3.36. The minimum Gasteiger partial charge on any atom is -0.262 e. The molecule has 0 radical (unpaired) electrons. The maximum atomic E-state index is 4.21. The van der Waals surface area contributed by atoms with Crippen molar-refractivity contribution in [2.24, 2.45) is 10.9 Å². The maximum absolute atomic E-state index is 4.21. The van der Waals surface area contributed by atoms with Gasteiger partial charge in [-0.1, -0.05) is 32.9 Å². The third kappa shape index (κ3) is 6.32. The second-order valence-corrected chi connectivity index (χ2v) is 3.36. The van der Waals surface area contributed by atoms with Crippen molar-refractivity contribution in [2.75, 3.05) is 0 Å². The highest BCUT2D eigenvalue weighted by atomic mass is 14.7. The third-order valence-corrected chi connectivity index (χ3v) is 2.21. The van der Waals surface area contributed by atoms with Crippen molar-refractivity contribution in [2.45, 2.75) is 40.0 Å². The molecular formula is C12H21N. The lowest BCUT2D eigenvalue weighted by Crippen LogP contribution is -1.98. The van der Waals surface area contributed by atoms with E-state index < -0.39 is 0 Å². The fraction of sp³-hybridized carbons (Fsp3) is 0.583. The Morgan fingerprint density at radius 1 is 1.54 bits per heavy atom. The summed E-state index contributed by atoms with van der Waals surface area (Å²) in [6.07, 6.45) is 9.23. The van der Waals surface area contributed by atoms with Crippen LogP contribution in [-0.2, 0) is 0 Å². The Balaban J connectivity index is 3.97. The van der Waals surface area contributed by atoms with Crippen molar-refractivity contribution in [3.05, 3.63) is 24.9 Å². The van der Waals surface area contributed by atoms with Crippen molar-refractivity contribution in [1.82, 2.24) is 0 Å². The molecule has 74 valence electrons. The zero-order valence-corrected chi connectivity index (χ0v) is 9.09. The molecule has 0 aliphatic rings. The van der Waals surface area contributed by atoms with Crippen molar-refractivity contribution >= 4 is 5.71 Å². The topological polar surface area (TPSA) is 12.4 Å². The first-order valence-electron chi connectivity index (χ1n) is 5.04. The molecule has 0 spiro atoms. The molecule has 0 aromatic rings. The molecule has 1 nitrogen and oxygen atoms in total. The van der Waals surface area contributed by atoms with Crippen molar-refractivity contribution < 1.29 is 0 Å². The molecule has 1 heteroatoms. The zero-order chi connectivity index (χ0) is 10.1. The molecule has 1 unspecified atom stereocenters. The van der Waals surface area contributed by atoms with Crippen LogP contribution in [-0.4, -0.2) is 5.71 Å². The van der Waals surface area contributed by atoms with Crippen LogP contribution in [0, 0.1) is 5.92 Å². The molecule has 0 N–H and O–H groups in total. The Labute approximate surface area is 82.3 Å². The first-order chi connectivity index (χ1) is 6.24. The monoisotopic (exact) mass is 179 g/mol. The molecule has 0 aliphatic carbocycles. The highest BCUT2D eigenvalue weighted by molar-refractivity contribution is 5.95. The van der Waals surface area contributed by atoms with Gasteiger partial charge in [0.25, 0.3) is 0 Å². The molecule has 0 saturated carbocycles. The summed E-state index contributed by atoms with van der Waals surface area (Å²) in [5.41, 5.74) is 1.14. The van der Waals surface area contributed by atoms with Crippen LogP contribution < -0.4 is 0 Å². The summed E-state index contributed by atoms with van der Waals surface area (Å²) in [6.45, 7) is 10.1. The quantitative estimate of drug-likeness (QED) is 0.547. The smallest absolute Gasteiger partial charge is 0.0400 e. The van der Waals surface area contributed by atoms with Gasteiger partial charge in [-0.05, 0) is 31.8 Å². The number of hydrogen-bond donors (Lipinski definition) is 0. The van der Waals surface area contributed by atoms with E-state index >= 15 is 0 Å².